The van der Waals surface area contributed by atoms with Gasteiger partial charge in [0.1, 0.15) is 0 Å². The molecule has 5 rings (SSSR count). The molecule has 0 heterocycles. The molecule has 0 bridgehead atoms. The van der Waals surface area contributed by atoms with Crippen LogP contribution in [0.15, 0.2) is 0 Å². The Hall–Kier alpha value is -2.60. The van der Waals surface area contributed by atoms with Crippen molar-refractivity contribution in [2.24, 2.45) is 0 Å². The van der Waals surface area contributed by atoms with E-state index in [0.29, 0.717) is 0 Å². The number of fused-ring (bicyclic) bond motifs is 6. The van der Waals surface area contributed by atoms with Crippen LogP contribution in [0.4, 0.5) is 0 Å². The standard InChI is InChI=1S/C33H38/c1-14-15(2)20(7)30-25(12)33-26(24(11)29(30)19(14)6)13-27-31-21(8)17(4)16(3)18(5)28(31)22(9)23(10)32(27)33/h13H2,1-12H3. The van der Waals surface area contributed by atoms with Gasteiger partial charge in [-0.05, 0) is 200 Å². The fourth-order valence-corrected chi connectivity index (χ4v) is 7.08. The summed E-state index contributed by atoms with van der Waals surface area (Å²) in [6.45, 7) is 28.0. The van der Waals surface area contributed by atoms with Crippen LogP contribution < -0.4 is 0 Å². The van der Waals surface area contributed by atoms with Crippen LogP contribution in [0.1, 0.15) is 77.9 Å². The largest absolute Gasteiger partial charge is 0.0444 e. The van der Waals surface area contributed by atoms with Crippen LogP contribution in [-0.2, 0) is 6.42 Å². The van der Waals surface area contributed by atoms with Gasteiger partial charge >= 0.3 is 0 Å². The molecule has 0 nitrogen and oxygen atoms in total. The molecular formula is C33H38. The first-order valence-corrected chi connectivity index (χ1v) is 12.5. The van der Waals surface area contributed by atoms with Crippen molar-refractivity contribution in [3.8, 4) is 11.1 Å². The van der Waals surface area contributed by atoms with Crippen molar-refractivity contribution in [3.63, 3.8) is 0 Å². The first-order chi connectivity index (χ1) is 15.4. The van der Waals surface area contributed by atoms with Gasteiger partial charge in [0.15, 0.2) is 0 Å². The van der Waals surface area contributed by atoms with E-state index in [1.54, 1.807) is 11.1 Å². The van der Waals surface area contributed by atoms with Gasteiger partial charge in [-0.25, -0.2) is 0 Å². The van der Waals surface area contributed by atoms with Crippen LogP contribution in [-0.4, -0.2) is 0 Å². The zero-order chi connectivity index (χ0) is 24.3. The van der Waals surface area contributed by atoms with Gasteiger partial charge in [0, 0.05) is 0 Å². The van der Waals surface area contributed by atoms with Crippen LogP contribution in [0.25, 0.3) is 32.7 Å². The van der Waals surface area contributed by atoms with E-state index in [1.165, 1.54) is 99.4 Å². The van der Waals surface area contributed by atoms with Crippen LogP contribution in [0.2, 0.25) is 0 Å². The third-order valence-electron chi connectivity index (χ3n) is 9.77. The summed E-state index contributed by atoms with van der Waals surface area (Å²) >= 11 is 0. The first-order valence-electron chi connectivity index (χ1n) is 12.5. The van der Waals surface area contributed by atoms with Gasteiger partial charge < -0.3 is 0 Å². The van der Waals surface area contributed by atoms with E-state index in [2.05, 4.69) is 83.1 Å². The molecule has 0 spiro atoms. The first kappa shape index (κ1) is 22.2. The van der Waals surface area contributed by atoms with Gasteiger partial charge in [0.2, 0.25) is 0 Å². The number of hydrogen-bond donors (Lipinski definition) is 0. The Bertz CT molecular complexity index is 1570. The second-order valence-electron chi connectivity index (χ2n) is 10.9. The molecule has 170 valence electrons. The fourth-order valence-electron chi connectivity index (χ4n) is 7.08. The summed E-state index contributed by atoms with van der Waals surface area (Å²) in [5.74, 6) is 0. The number of hydrogen-bond acceptors (Lipinski definition) is 0. The molecule has 0 saturated carbocycles. The van der Waals surface area contributed by atoms with Gasteiger partial charge in [-0.15, -0.1) is 0 Å². The highest BCUT2D eigenvalue weighted by atomic mass is 14.3. The van der Waals surface area contributed by atoms with Crippen molar-refractivity contribution in [1.82, 2.24) is 0 Å². The SMILES string of the molecule is Cc1c(C)c(C)c2c(C)c3c(c(C)c2c1C)Cc1c-3c(C)c(C)c2c(C)c(C)c(C)c(C)c12. The average molecular weight is 435 g/mol. The lowest BCUT2D eigenvalue weighted by Gasteiger charge is -2.23. The van der Waals surface area contributed by atoms with Crippen LogP contribution in [0.5, 0.6) is 0 Å². The molecule has 0 radical (unpaired) electrons. The summed E-state index contributed by atoms with van der Waals surface area (Å²) in [7, 11) is 0. The Balaban J connectivity index is 2.05. The third-order valence-corrected chi connectivity index (χ3v) is 9.77. The maximum Gasteiger partial charge on any atom is -0.000412 e. The molecule has 0 amide bonds. The summed E-state index contributed by atoms with van der Waals surface area (Å²) in [6, 6.07) is 0. The lowest BCUT2D eigenvalue weighted by molar-refractivity contribution is 1.19. The Morgan fingerprint density at radius 2 is 0.606 bits per heavy atom. The molecule has 0 N–H and O–H groups in total. The number of rotatable bonds is 0. The Morgan fingerprint density at radius 3 is 1.09 bits per heavy atom. The maximum absolute atomic E-state index is 2.38. The Morgan fingerprint density at radius 1 is 0.273 bits per heavy atom. The minimum Gasteiger partial charge on any atom is -0.0444 e. The zero-order valence-electron chi connectivity index (χ0n) is 22.7. The van der Waals surface area contributed by atoms with Gasteiger partial charge in [-0.2, -0.15) is 0 Å². The Labute approximate surface area is 200 Å². The maximum atomic E-state index is 2.38. The molecule has 33 heavy (non-hydrogen) atoms. The van der Waals surface area contributed by atoms with E-state index in [9.17, 15) is 0 Å². The van der Waals surface area contributed by atoms with Gasteiger partial charge in [0.05, 0.1) is 0 Å². The van der Waals surface area contributed by atoms with E-state index in [-0.39, 0.29) is 0 Å². The summed E-state index contributed by atoms with van der Waals surface area (Å²) in [5, 5.41) is 6.01. The van der Waals surface area contributed by atoms with Gasteiger partial charge in [-0.1, -0.05) is 0 Å². The summed E-state index contributed by atoms with van der Waals surface area (Å²) in [6.07, 6.45) is 1.05. The normalized spacial score (nSPS) is 12.7. The minimum atomic E-state index is 1.05. The summed E-state index contributed by atoms with van der Waals surface area (Å²) in [5.41, 5.74) is 23.8. The van der Waals surface area contributed by atoms with E-state index >= 15 is 0 Å². The lowest BCUT2D eigenvalue weighted by atomic mass is 9.81. The van der Waals surface area contributed by atoms with Crippen LogP contribution in [0, 0.1) is 83.1 Å². The smallest absolute Gasteiger partial charge is 0.000412 e. The Kier molecular flexibility index (Phi) is 4.68. The molecule has 0 aliphatic heterocycles. The molecule has 0 heteroatoms. The molecule has 1 aliphatic rings. The fraction of sp³-hybridized carbons (Fsp3) is 0.394. The van der Waals surface area contributed by atoms with Crippen molar-refractivity contribution in [1.29, 1.82) is 0 Å². The van der Waals surface area contributed by atoms with Crippen molar-refractivity contribution in [2.75, 3.05) is 0 Å². The van der Waals surface area contributed by atoms with Crippen LogP contribution >= 0.6 is 0 Å². The molecule has 0 atom stereocenters. The second kappa shape index (κ2) is 6.95. The van der Waals surface area contributed by atoms with Crippen molar-refractivity contribution in [3.05, 3.63) is 77.9 Å². The van der Waals surface area contributed by atoms with Crippen molar-refractivity contribution in [2.45, 2.75) is 89.5 Å². The number of benzene rings is 4. The van der Waals surface area contributed by atoms with E-state index in [0.717, 1.165) is 6.42 Å². The van der Waals surface area contributed by atoms with Crippen LogP contribution in [0.3, 0.4) is 0 Å². The second-order valence-corrected chi connectivity index (χ2v) is 10.9. The highest BCUT2D eigenvalue weighted by Gasteiger charge is 2.31. The molecule has 0 unspecified atom stereocenters. The van der Waals surface area contributed by atoms with E-state index < -0.39 is 0 Å². The summed E-state index contributed by atoms with van der Waals surface area (Å²) < 4.78 is 0. The third kappa shape index (κ3) is 2.53. The molecule has 0 aromatic heterocycles. The van der Waals surface area contributed by atoms with Crippen molar-refractivity contribution >= 4 is 21.5 Å². The molecule has 0 saturated heterocycles. The van der Waals surface area contributed by atoms with Crippen molar-refractivity contribution < 1.29 is 0 Å². The van der Waals surface area contributed by atoms with Gasteiger partial charge in [0.25, 0.3) is 0 Å². The predicted molar refractivity (Wildman–Crippen MR) is 147 cm³/mol. The molecule has 1 aliphatic carbocycles. The number of aryl methyl sites for hydroxylation is 7. The molecule has 4 aromatic carbocycles. The van der Waals surface area contributed by atoms with E-state index in [1.807, 2.05) is 0 Å². The average Bonchev–Trinajstić information content (AvgIpc) is 3.19. The molecule has 4 aromatic rings. The van der Waals surface area contributed by atoms with Gasteiger partial charge in [-0.3, -0.25) is 0 Å². The lowest BCUT2D eigenvalue weighted by Crippen LogP contribution is -2.02. The minimum absolute atomic E-state index is 1.05. The highest BCUT2D eigenvalue weighted by molar-refractivity contribution is 6.08. The highest BCUT2D eigenvalue weighted by Crippen LogP contribution is 2.51. The summed E-state index contributed by atoms with van der Waals surface area (Å²) in [4.78, 5) is 0. The predicted octanol–water partition coefficient (Wildman–Crippen LogP) is 9.27. The topological polar surface area (TPSA) is 0 Å². The van der Waals surface area contributed by atoms with E-state index in [4.69, 9.17) is 0 Å². The molecule has 0 fully saturated rings. The molecular weight excluding hydrogens is 396 g/mol. The quantitative estimate of drug-likeness (QED) is 0.228. The monoisotopic (exact) mass is 434 g/mol. The zero-order valence-corrected chi connectivity index (χ0v) is 22.7.